The summed E-state index contributed by atoms with van der Waals surface area (Å²) in [5, 5.41) is 2.15. The molecule has 26 heavy (non-hydrogen) atoms. The summed E-state index contributed by atoms with van der Waals surface area (Å²) in [6.45, 7) is -0.523. The molecular formula is C17H25F2N3O3S. The molecule has 9 heteroatoms. The first-order valence-corrected chi connectivity index (χ1v) is 10.1. The van der Waals surface area contributed by atoms with Crippen LogP contribution in [0.25, 0.3) is 0 Å². The summed E-state index contributed by atoms with van der Waals surface area (Å²) < 4.78 is 52.6. The Kier molecular flexibility index (Phi) is 7.08. The fourth-order valence-electron chi connectivity index (χ4n) is 2.73. The third kappa shape index (κ3) is 5.72. The minimum atomic E-state index is -3.48. The van der Waals surface area contributed by atoms with Crippen LogP contribution < -0.4 is 11.1 Å². The Labute approximate surface area is 152 Å². The van der Waals surface area contributed by atoms with E-state index in [9.17, 15) is 22.0 Å². The lowest BCUT2D eigenvalue weighted by molar-refractivity contribution is -0.122. The molecule has 1 aromatic rings. The van der Waals surface area contributed by atoms with Crippen LogP contribution >= 0.6 is 0 Å². The predicted octanol–water partition coefficient (Wildman–Crippen LogP) is 1.50. The summed E-state index contributed by atoms with van der Waals surface area (Å²) in [6.07, 6.45) is 3.17. The highest BCUT2D eigenvalue weighted by molar-refractivity contribution is 7.89. The SMILES string of the molecule is NCC(F)(F)CNC(=O)CCc1ccc(S(=O)(=O)N2CCCCC2)cc1. The van der Waals surface area contributed by atoms with Crippen molar-refractivity contribution in [2.45, 2.75) is 42.9 Å². The smallest absolute Gasteiger partial charge is 0.277 e. The van der Waals surface area contributed by atoms with Crippen molar-refractivity contribution in [3.8, 4) is 0 Å². The lowest BCUT2D eigenvalue weighted by atomic mass is 10.1. The molecular weight excluding hydrogens is 364 g/mol. The maximum atomic E-state index is 13.0. The molecule has 0 atom stereocenters. The van der Waals surface area contributed by atoms with E-state index in [-0.39, 0.29) is 11.3 Å². The van der Waals surface area contributed by atoms with Crippen molar-refractivity contribution in [1.82, 2.24) is 9.62 Å². The molecule has 146 valence electrons. The van der Waals surface area contributed by atoms with Crippen molar-refractivity contribution in [3.63, 3.8) is 0 Å². The molecule has 1 saturated heterocycles. The topological polar surface area (TPSA) is 92.5 Å². The number of halogens is 2. The molecule has 1 heterocycles. The molecule has 1 aliphatic heterocycles. The highest BCUT2D eigenvalue weighted by Gasteiger charge is 2.27. The van der Waals surface area contributed by atoms with E-state index in [0.29, 0.717) is 19.5 Å². The average molecular weight is 389 g/mol. The Morgan fingerprint density at radius 2 is 1.77 bits per heavy atom. The van der Waals surface area contributed by atoms with Gasteiger partial charge in [-0.1, -0.05) is 18.6 Å². The van der Waals surface area contributed by atoms with E-state index in [1.165, 1.54) is 16.4 Å². The van der Waals surface area contributed by atoms with Crippen LogP contribution in [0.15, 0.2) is 29.2 Å². The van der Waals surface area contributed by atoms with Gasteiger partial charge in [-0.25, -0.2) is 17.2 Å². The predicted molar refractivity (Wildman–Crippen MR) is 94.4 cm³/mol. The third-order valence-corrected chi connectivity index (χ3v) is 6.27. The Bertz CT molecular complexity index is 702. The number of nitrogens with two attached hydrogens (primary N) is 1. The van der Waals surface area contributed by atoms with Gasteiger partial charge in [0.1, 0.15) is 0 Å². The van der Waals surface area contributed by atoms with Crippen LogP contribution in [0.4, 0.5) is 8.78 Å². The molecule has 0 unspecified atom stereocenters. The number of rotatable bonds is 8. The van der Waals surface area contributed by atoms with Crippen molar-refractivity contribution < 1.29 is 22.0 Å². The number of amides is 1. The second kappa shape index (κ2) is 8.88. The molecule has 1 fully saturated rings. The van der Waals surface area contributed by atoms with Crippen LogP contribution in [0.5, 0.6) is 0 Å². The van der Waals surface area contributed by atoms with E-state index < -0.39 is 34.9 Å². The Morgan fingerprint density at radius 1 is 1.15 bits per heavy atom. The van der Waals surface area contributed by atoms with Gasteiger partial charge in [0.2, 0.25) is 15.9 Å². The third-order valence-electron chi connectivity index (χ3n) is 4.36. The van der Waals surface area contributed by atoms with Gasteiger partial charge < -0.3 is 11.1 Å². The van der Waals surface area contributed by atoms with Gasteiger partial charge in [-0.3, -0.25) is 4.79 Å². The Balaban J connectivity index is 1.88. The summed E-state index contributed by atoms with van der Waals surface area (Å²) >= 11 is 0. The maximum Gasteiger partial charge on any atom is 0.277 e. The first-order valence-electron chi connectivity index (χ1n) is 8.68. The van der Waals surface area contributed by atoms with Crippen molar-refractivity contribution in [2.24, 2.45) is 5.73 Å². The summed E-state index contributed by atoms with van der Waals surface area (Å²) in [5.74, 6) is -3.61. The highest BCUT2D eigenvalue weighted by Crippen LogP contribution is 2.21. The van der Waals surface area contributed by atoms with Gasteiger partial charge in [-0.15, -0.1) is 0 Å². The molecule has 0 saturated carbocycles. The minimum absolute atomic E-state index is 0.0405. The molecule has 6 nitrogen and oxygen atoms in total. The second-order valence-electron chi connectivity index (χ2n) is 6.45. The second-order valence-corrected chi connectivity index (χ2v) is 8.38. The molecule has 3 N–H and O–H groups in total. The largest absolute Gasteiger partial charge is 0.350 e. The normalized spacial score (nSPS) is 16.4. The first kappa shape index (κ1) is 20.7. The zero-order valence-corrected chi connectivity index (χ0v) is 15.4. The molecule has 0 aromatic heterocycles. The van der Waals surface area contributed by atoms with Crippen LogP contribution in [0, 0.1) is 0 Å². The standard InChI is InChI=1S/C17H25F2N3O3S/c18-17(19,12-20)13-21-16(23)9-6-14-4-7-15(8-5-14)26(24,25)22-10-2-1-3-11-22/h4-5,7-8H,1-3,6,9-13,20H2,(H,21,23). The van der Waals surface area contributed by atoms with Gasteiger partial charge in [-0.2, -0.15) is 4.31 Å². The van der Waals surface area contributed by atoms with Crippen LogP contribution in [-0.4, -0.2) is 50.7 Å². The summed E-state index contributed by atoms with van der Waals surface area (Å²) in [4.78, 5) is 11.9. The van der Waals surface area contributed by atoms with E-state index in [4.69, 9.17) is 5.73 Å². The minimum Gasteiger partial charge on any atom is -0.350 e. The van der Waals surface area contributed by atoms with Crippen LogP contribution in [0.1, 0.15) is 31.2 Å². The number of carbonyl (C=O) groups excluding carboxylic acids is 1. The first-order chi connectivity index (χ1) is 12.2. The van der Waals surface area contributed by atoms with Gasteiger partial charge in [0, 0.05) is 19.5 Å². The maximum absolute atomic E-state index is 13.0. The lowest BCUT2D eigenvalue weighted by Crippen LogP contribution is -2.41. The van der Waals surface area contributed by atoms with Crippen molar-refractivity contribution in [3.05, 3.63) is 29.8 Å². The van der Waals surface area contributed by atoms with Crippen LogP contribution in [0.2, 0.25) is 0 Å². The van der Waals surface area contributed by atoms with Gasteiger partial charge in [0.25, 0.3) is 5.92 Å². The molecule has 0 radical (unpaired) electrons. The number of alkyl halides is 2. The Morgan fingerprint density at radius 3 is 2.35 bits per heavy atom. The average Bonchev–Trinajstić information content (AvgIpc) is 2.66. The molecule has 1 amide bonds. The van der Waals surface area contributed by atoms with E-state index in [1.807, 2.05) is 0 Å². The molecule has 2 rings (SSSR count). The van der Waals surface area contributed by atoms with Crippen molar-refractivity contribution in [2.75, 3.05) is 26.2 Å². The van der Waals surface area contributed by atoms with Crippen LogP contribution in [-0.2, 0) is 21.2 Å². The summed E-state index contributed by atoms with van der Waals surface area (Å²) in [6, 6.07) is 6.36. The summed E-state index contributed by atoms with van der Waals surface area (Å²) in [7, 11) is -3.48. The lowest BCUT2D eigenvalue weighted by Gasteiger charge is -2.25. The number of hydrogen-bond donors (Lipinski definition) is 2. The van der Waals surface area contributed by atoms with Gasteiger partial charge in [0.15, 0.2) is 0 Å². The number of aryl methyl sites for hydroxylation is 1. The fraction of sp³-hybridized carbons (Fsp3) is 0.588. The van der Waals surface area contributed by atoms with Crippen LogP contribution in [0.3, 0.4) is 0 Å². The van der Waals surface area contributed by atoms with E-state index in [1.54, 1.807) is 12.1 Å². The van der Waals surface area contributed by atoms with E-state index in [2.05, 4.69) is 5.32 Å². The molecule has 0 aliphatic carbocycles. The number of sulfonamides is 1. The van der Waals surface area contributed by atoms with E-state index in [0.717, 1.165) is 24.8 Å². The number of piperidine rings is 1. The molecule has 0 spiro atoms. The quantitative estimate of drug-likeness (QED) is 0.705. The Hall–Kier alpha value is -1.58. The molecule has 0 bridgehead atoms. The van der Waals surface area contributed by atoms with Gasteiger partial charge in [-0.05, 0) is 37.0 Å². The van der Waals surface area contributed by atoms with Crippen molar-refractivity contribution in [1.29, 1.82) is 0 Å². The summed E-state index contributed by atoms with van der Waals surface area (Å²) in [5.41, 5.74) is 5.67. The van der Waals surface area contributed by atoms with Gasteiger partial charge >= 0.3 is 0 Å². The molecule has 1 aromatic carbocycles. The monoisotopic (exact) mass is 389 g/mol. The zero-order chi connectivity index (χ0) is 19.2. The number of nitrogens with zero attached hydrogens (tertiary/aromatic N) is 1. The van der Waals surface area contributed by atoms with Gasteiger partial charge in [0.05, 0.1) is 18.0 Å². The van der Waals surface area contributed by atoms with Crippen molar-refractivity contribution >= 4 is 15.9 Å². The number of hydrogen-bond acceptors (Lipinski definition) is 4. The zero-order valence-electron chi connectivity index (χ0n) is 14.6. The fourth-order valence-corrected chi connectivity index (χ4v) is 4.25. The molecule has 1 aliphatic rings. The van der Waals surface area contributed by atoms with E-state index >= 15 is 0 Å². The highest BCUT2D eigenvalue weighted by atomic mass is 32.2. The number of nitrogens with one attached hydrogen (secondary N) is 1. The number of carbonyl (C=O) groups is 1. The number of benzene rings is 1.